The number of halogens is 1. The van der Waals surface area contributed by atoms with Crippen LogP contribution in [-0.2, 0) is 6.42 Å². The van der Waals surface area contributed by atoms with E-state index in [1.807, 2.05) is 35.4 Å². The summed E-state index contributed by atoms with van der Waals surface area (Å²) in [6.07, 6.45) is 2.75. The minimum atomic E-state index is 0.0925. The molecule has 0 unspecified atom stereocenters. The van der Waals surface area contributed by atoms with Crippen LogP contribution in [0.4, 0.5) is 0 Å². The number of hydrogen-bond acceptors (Lipinski definition) is 3. The average molecular weight is 365 g/mol. The molecule has 5 nitrogen and oxygen atoms in total. The van der Waals surface area contributed by atoms with Gasteiger partial charge in [0.1, 0.15) is 5.69 Å². The molecule has 2 aromatic heterocycles. The first-order valence-electron chi connectivity index (χ1n) is 7.66. The molecule has 3 rings (SSSR count). The smallest absolute Gasteiger partial charge is 0.272 e. The van der Waals surface area contributed by atoms with Crippen molar-refractivity contribution in [3.8, 4) is 0 Å². The number of likely N-dealkylation sites (N-methyl/N-ethyl adjacent to an activating group) is 1. The summed E-state index contributed by atoms with van der Waals surface area (Å²) in [5.41, 5.74) is 3.51. The molecule has 0 N–H and O–H groups in total. The summed E-state index contributed by atoms with van der Waals surface area (Å²) in [6.45, 7) is 7.47. The van der Waals surface area contributed by atoms with E-state index in [1.165, 1.54) is 0 Å². The van der Waals surface area contributed by atoms with E-state index in [0.29, 0.717) is 5.69 Å². The number of carbonyl (C=O) groups excluding carboxylic acids is 1. The Morgan fingerprint density at radius 2 is 2.00 bits per heavy atom. The molecule has 0 spiro atoms. The lowest BCUT2D eigenvalue weighted by molar-refractivity contribution is 0.0656. The lowest BCUT2D eigenvalue weighted by atomic mass is 10.2. The van der Waals surface area contributed by atoms with E-state index < -0.39 is 0 Å². The summed E-state index contributed by atoms with van der Waals surface area (Å²) < 4.78 is 2.87. The molecule has 1 saturated heterocycles. The molecular weight excluding hydrogens is 344 g/mol. The lowest BCUT2D eigenvalue weighted by Gasteiger charge is -2.32. The maximum atomic E-state index is 13.0. The number of aromatic nitrogens is 2. The van der Waals surface area contributed by atoms with E-state index in [1.54, 1.807) is 0 Å². The monoisotopic (exact) mass is 364 g/mol. The summed E-state index contributed by atoms with van der Waals surface area (Å²) in [4.78, 5) is 21.9. The van der Waals surface area contributed by atoms with E-state index in [0.717, 1.165) is 54.0 Å². The predicted molar refractivity (Wildman–Crippen MR) is 90.4 cm³/mol. The summed E-state index contributed by atoms with van der Waals surface area (Å²) in [7, 11) is 2.09. The van der Waals surface area contributed by atoms with Crippen molar-refractivity contribution in [2.24, 2.45) is 0 Å². The first kappa shape index (κ1) is 15.5. The minimum absolute atomic E-state index is 0.0925. The Labute approximate surface area is 139 Å². The normalized spacial score (nSPS) is 16.5. The summed E-state index contributed by atoms with van der Waals surface area (Å²) >= 11 is 3.56. The summed E-state index contributed by atoms with van der Waals surface area (Å²) in [5, 5.41) is 0. The van der Waals surface area contributed by atoms with Crippen LogP contribution in [0.1, 0.15) is 28.7 Å². The Bertz CT molecular complexity index is 716. The number of aryl methyl sites for hydroxylation is 2. The van der Waals surface area contributed by atoms with Crippen LogP contribution in [0.2, 0.25) is 0 Å². The average Bonchev–Trinajstić information content (AvgIpc) is 2.86. The van der Waals surface area contributed by atoms with Gasteiger partial charge in [-0.25, -0.2) is 4.98 Å². The molecule has 0 atom stereocenters. The molecule has 0 aliphatic carbocycles. The van der Waals surface area contributed by atoms with Gasteiger partial charge in [-0.05, 0) is 48.0 Å². The van der Waals surface area contributed by atoms with E-state index in [-0.39, 0.29) is 5.91 Å². The third-order valence-corrected chi connectivity index (χ3v) is 4.80. The number of rotatable bonds is 2. The SMILES string of the molecule is CCc1nc2c(Br)cc(C)cn2c1C(=O)N1CCN(C)CC1. The van der Waals surface area contributed by atoms with Crippen molar-refractivity contribution in [1.29, 1.82) is 0 Å². The first-order valence-corrected chi connectivity index (χ1v) is 8.45. The van der Waals surface area contributed by atoms with Crippen LogP contribution in [0.25, 0.3) is 5.65 Å². The quantitative estimate of drug-likeness (QED) is 0.821. The van der Waals surface area contributed by atoms with Crippen LogP contribution < -0.4 is 0 Å². The van der Waals surface area contributed by atoms with Crippen LogP contribution in [0.15, 0.2) is 16.7 Å². The van der Waals surface area contributed by atoms with Gasteiger partial charge in [0.2, 0.25) is 0 Å². The van der Waals surface area contributed by atoms with E-state index >= 15 is 0 Å². The first-order chi connectivity index (χ1) is 10.5. The Hall–Kier alpha value is -1.40. The third kappa shape index (κ3) is 2.65. The number of fused-ring (bicyclic) bond motifs is 1. The van der Waals surface area contributed by atoms with Gasteiger partial charge in [0.05, 0.1) is 10.2 Å². The van der Waals surface area contributed by atoms with Crippen LogP contribution in [0.3, 0.4) is 0 Å². The third-order valence-electron chi connectivity index (χ3n) is 4.21. The molecule has 6 heteroatoms. The van der Waals surface area contributed by atoms with Gasteiger partial charge in [-0.3, -0.25) is 9.20 Å². The molecule has 0 bridgehead atoms. The standard InChI is InChI=1S/C16H21BrN4O/c1-4-13-14(16(22)20-7-5-19(3)6-8-20)21-10-11(2)9-12(17)15(21)18-13/h9-10H,4-8H2,1-3H3. The second-order valence-corrected chi connectivity index (χ2v) is 6.77. The van der Waals surface area contributed by atoms with Crippen LogP contribution in [-0.4, -0.2) is 58.3 Å². The number of hydrogen-bond donors (Lipinski definition) is 0. The molecule has 118 valence electrons. The fraction of sp³-hybridized carbons (Fsp3) is 0.500. The van der Waals surface area contributed by atoms with Gasteiger partial charge in [0, 0.05) is 32.4 Å². The maximum Gasteiger partial charge on any atom is 0.272 e. The zero-order valence-corrected chi connectivity index (χ0v) is 14.9. The highest BCUT2D eigenvalue weighted by atomic mass is 79.9. The van der Waals surface area contributed by atoms with Crippen LogP contribution in [0, 0.1) is 6.92 Å². The van der Waals surface area contributed by atoms with Crippen molar-refractivity contribution in [3.05, 3.63) is 33.7 Å². The van der Waals surface area contributed by atoms with Gasteiger partial charge in [0.25, 0.3) is 5.91 Å². The molecule has 2 aromatic rings. The second kappa shape index (κ2) is 6.01. The predicted octanol–water partition coefficient (Wildman–Crippen LogP) is 2.36. The van der Waals surface area contributed by atoms with Crippen molar-refractivity contribution < 1.29 is 4.79 Å². The van der Waals surface area contributed by atoms with E-state index in [2.05, 4.69) is 32.9 Å². The molecule has 1 aliphatic heterocycles. The molecule has 0 saturated carbocycles. The van der Waals surface area contributed by atoms with Crippen LogP contribution in [0.5, 0.6) is 0 Å². The molecule has 0 radical (unpaired) electrons. The summed E-state index contributed by atoms with van der Waals surface area (Å²) in [6, 6.07) is 2.03. The Balaban J connectivity index is 2.07. The van der Waals surface area contributed by atoms with Gasteiger partial charge in [-0.15, -0.1) is 0 Å². The second-order valence-electron chi connectivity index (χ2n) is 5.92. The van der Waals surface area contributed by atoms with Crippen molar-refractivity contribution >= 4 is 27.5 Å². The van der Waals surface area contributed by atoms with Crippen molar-refractivity contribution in [2.45, 2.75) is 20.3 Å². The lowest BCUT2D eigenvalue weighted by Crippen LogP contribution is -2.47. The number of amides is 1. The molecule has 3 heterocycles. The Morgan fingerprint density at radius 3 is 2.64 bits per heavy atom. The molecule has 1 amide bonds. The highest BCUT2D eigenvalue weighted by Gasteiger charge is 2.26. The number of piperazine rings is 1. The Morgan fingerprint density at radius 1 is 1.32 bits per heavy atom. The topological polar surface area (TPSA) is 40.9 Å². The molecular formula is C16H21BrN4O. The van der Waals surface area contributed by atoms with Crippen molar-refractivity contribution in [1.82, 2.24) is 19.2 Å². The zero-order valence-electron chi connectivity index (χ0n) is 13.3. The van der Waals surface area contributed by atoms with Gasteiger partial charge in [0.15, 0.2) is 5.65 Å². The summed E-state index contributed by atoms with van der Waals surface area (Å²) in [5.74, 6) is 0.0925. The highest BCUT2D eigenvalue weighted by molar-refractivity contribution is 9.10. The maximum absolute atomic E-state index is 13.0. The largest absolute Gasteiger partial charge is 0.335 e. The molecule has 1 fully saturated rings. The van der Waals surface area contributed by atoms with Crippen LogP contribution >= 0.6 is 15.9 Å². The van der Waals surface area contributed by atoms with Gasteiger partial charge in [-0.2, -0.15) is 0 Å². The van der Waals surface area contributed by atoms with E-state index in [4.69, 9.17) is 0 Å². The number of pyridine rings is 1. The van der Waals surface area contributed by atoms with E-state index in [9.17, 15) is 4.79 Å². The van der Waals surface area contributed by atoms with Crippen molar-refractivity contribution in [2.75, 3.05) is 33.2 Å². The Kier molecular flexibility index (Phi) is 4.23. The number of imidazole rings is 1. The molecule has 22 heavy (non-hydrogen) atoms. The van der Waals surface area contributed by atoms with Gasteiger partial charge >= 0.3 is 0 Å². The number of nitrogens with zero attached hydrogens (tertiary/aromatic N) is 4. The fourth-order valence-electron chi connectivity index (χ4n) is 2.91. The zero-order chi connectivity index (χ0) is 15.9. The van der Waals surface area contributed by atoms with Crippen molar-refractivity contribution in [3.63, 3.8) is 0 Å². The number of carbonyl (C=O) groups is 1. The fourth-order valence-corrected chi connectivity index (χ4v) is 3.55. The van der Waals surface area contributed by atoms with Gasteiger partial charge < -0.3 is 9.80 Å². The molecule has 0 aromatic carbocycles. The molecule has 1 aliphatic rings. The minimum Gasteiger partial charge on any atom is -0.335 e. The van der Waals surface area contributed by atoms with Gasteiger partial charge in [-0.1, -0.05) is 6.92 Å². The highest BCUT2D eigenvalue weighted by Crippen LogP contribution is 2.24.